The number of methoxy groups -OCH3 is 1. The van der Waals surface area contributed by atoms with Crippen LogP contribution in [0.4, 0.5) is 11.4 Å². The van der Waals surface area contributed by atoms with E-state index in [9.17, 15) is 8.42 Å². The molecule has 3 heterocycles. The number of sulfonamides is 1. The van der Waals surface area contributed by atoms with E-state index in [1.807, 2.05) is 47.4 Å². The Morgan fingerprint density at radius 2 is 1.76 bits per heavy atom. The van der Waals surface area contributed by atoms with Gasteiger partial charge >= 0.3 is 0 Å². The zero-order valence-electron chi connectivity index (χ0n) is 20.6. The normalized spacial score (nSPS) is 17.5. The first-order valence-electron chi connectivity index (χ1n) is 11.7. The van der Waals surface area contributed by atoms with E-state index >= 15 is 0 Å². The van der Waals surface area contributed by atoms with Crippen LogP contribution in [0.5, 0.6) is 5.75 Å². The molecule has 1 saturated heterocycles. The quantitative estimate of drug-likeness (QED) is 0.332. The van der Waals surface area contributed by atoms with Crippen molar-refractivity contribution >= 4 is 38.7 Å². The van der Waals surface area contributed by atoms with Crippen molar-refractivity contribution in [1.29, 1.82) is 0 Å². The Kier molecular flexibility index (Phi) is 6.61. The van der Waals surface area contributed by atoms with Crippen molar-refractivity contribution in [1.82, 2.24) is 14.9 Å². The van der Waals surface area contributed by atoms with Crippen LogP contribution in [0.2, 0.25) is 0 Å². The minimum Gasteiger partial charge on any atom is -0.495 e. The van der Waals surface area contributed by atoms with Crippen LogP contribution in [-0.2, 0) is 10.0 Å². The van der Waals surface area contributed by atoms with Crippen LogP contribution in [0, 0.1) is 6.92 Å². The van der Waals surface area contributed by atoms with Crippen molar-refractivity contribution in [2.45, 2.75) is 19.0 Å². The molecule has 8 nitrogen and oxygen atoms in total. The van der Waals surface area contributed by atoms with Gasteiger partial charge in [-0.15, -0.1) is 0 Å². The number of para-hydroxylation sites is 1. The van der Waals surface area contributed by atoms with Gasteiger partial charge in [-0.05, 0) is 73.7 Å². The number of aryl methyl sites for hydroxylation is 1. The molecule has 37 heavy (non-hydrogen) atoms. The largest absolute Gasteiger partial charge is 0.495 e. The van der Waals surface area contributed by atoms with Gasteiger partial charge in [0.2, 0.25) is 10.0 Å². The van der Waals surface area contributed by atoms with Crippen LogP contribution in [0.15, 0.2) is 85.1 Å². The van der Waals surface area contributed by atoms with Crippen molar-refractivity contribution in [3.8, 4) is 11.4 Å². The van der Waals surface area contributed by atoms with Gasteiger partial charge in [0, 0.05) is 29.0 Å². The highest BCUT2D eigenvalue weighted by Crippen LogP contribution is 2.44. The molecule has 1 aliphatic heterocycles. The highest BCUT2D eigenvalue weighted by atomic mass is 32.2. The molecule has 0 aliphatic carbocycles. The highest BCUT2D eigenvalue weighted by molar-refractivity contribution is 7.92. The van der Waals surface area contributed by atoms with Crippen LogP contribution in [0.1, 0.15) is 29.2 Å². The number of pyridine rings is 1. The Bertz CT molecular complexity index is 1540. The average Bonchev–Trinajstić information content (AvgIpc) is 3.43. The number of benzene rings is 2. The van der Waals surface area contributed by atoms with Gasteiger partial charge < -0.3 is 19.5 Å². The van der Waals surface area contributed by atoms with Crippen LogP contribution in [-0.4, -0.2) is 36.4 Å². The number of anilines is 2. The molecule has 0 saturated carbocycles. The maximum absolute atomic E-state index is 12.1. The minimum atomic E-state index is -3.53. The predicted molar refractivity (Wildman–Crippen MR) is 150 cm³/mol. The van der Waals surface area contributed by atoms with Gasteiger partial charge in [-0.3, -0.25) is 9.71 Å². The van der Waals surface area contributed by atoms with Crippen LogP contribution in [0.3, 0.4) is 0 Å². The van der Waals surface area contributed by atoms with E-state index in [4.69, 9.17) is 17.0 Å². The van der Waals surface area contributed by atoms with E-state index in [-0.39, 0.29) is 12.1 Å². The van der Waals surface area contributed by atoms with Gasteiger partial charge in [0.05, 0.1) is 30.8 Å². The number of hydrogen-bond acceptors (Lipinski definition) is 5. The van der Waals surface area contributed by atoms with Gasteiger partial charge in [0.1, 0.15) is 11.8 Å². The van der Waals surface area contributed by atoms with E-state index < -0.39 is 10.0 Å². The zero-order chi connectivity index (χ0) is 26.2. The third-order valence-corrected chi connectivity index (χ3v) is 7.18. The van der Waals surface area contributed by atoms with Gasteiger partial charge in [0.25, 0.3) is 0 Å². The summed E-state index contributed by atoms with van der Waals surface area (Å²) in [6, 6.07) is 25.0. The van der Waals surface area contributed by atoms with E-state index in [0.29, 0.717) is 22.2 Å². The molecule has 190 valence electrons. The highest BCUT2D eigenvalue weighted by Gasteiger charge is 2.42. The van der Waals surface area contributed by atoms with Crippen LogP contribution in [0.25, 0.3) is 5.69 Å². The fourth-order valence-electron chi connectivity index (χ4n) is 4.78. The van der Waals surface area contributed by atoms with Crippen molar-refractivity contribution in [2.24, 2.45) is 0 Å². The van der Waals surface area contributed by atoms with Crippen molar-refractivity contribution < 1.29 is 13.2 Å². The second-order valence-corrected chi connectivity index (χ2v) is 11.0. The summed E-state index contributed by atoms with van der Waals surface area (Å²) in [4.78, 5) is 6.64. The summed E-state index contributed by atoms with van der Waals surface area (Å²) in [5, 5.41) is 3.97. The molecule has 1 aliphatic rings. The Morgan fingerprint density at radius 1 is 1.00 bits per heavy atom. The lowest BCUT2D eigenvalue weighted by atomic mass is 10.0. The molecular formula is C27H27N5O3S2. The summed E-state index contributed by atoms with van der Waals surface area (Å²) in [5.41, 5.74) is 5.02. The molecule has 0 bridgehead atoms. The summed E-state index contributed by atoms with van der Waals surface area (Å²) in [7, 11) is -2.03. The number of ether oxygens (including phenoxy) is 1. The second kappa shape index (κ2) is 9.87. The molecule has 0 radical (unpaired) electrons. The summed E-state index contributed by atoms with van der Waals surface area (Å²) in [5.74, 6) is 0.411. The Balaban J connectivity index is 1.69. The number of rotatable bonds is 7. The third kappa shape index (κ3) is 4.90. The molecule has 1 fully saturated rings. The van der Waals surface area contributed by atoms with Crippen molar-refractivity contribution in [2.75, 3.05) is 23.0 Å². The molecule has 0 spiro atoms. The molecule has 2 atom stereocenters. The summed E-state index contributed by atoms with van der Waals surface area (Å²) in [6.45, 7) is 2.07. The number of aromatic nitrogens is 2. The average molecular weight is 534 g/mol. The summed E-state index contributed by atoms with van der Waals surface area (Å²) in [6.07, 6.45) is 2.87. The molecular weight excluding hydrogens is 506 g/mol. The maximum atomic E-state index is 12.1. The summed E-state index contributed by atoms with van der Waals surface area (Å²) >= 11 is 5.87. The minimum absolute atomic E-state index is 0.251. The number of hydrogen-bond donors (Lipinski definition) is 2. The van der Waals surface area contributed by atoms with E-state index in [2.05, 4.69) is 50.8 Å². The molecule has 2 aromatic carbocycles. The molecule has 2 aromatic heterocycles. The van der Waals surface area contributed by atoms with E-state index in [1.165, 1.54) is 7.11 Å². The lowest BCUT2D eigenvalue weighted by Crippen LogP contribution is -2.30. The van der Waals surface area contributed by atoms with E-state index in [1.54, 1.807) is 18.3 Å². The number of nitrogens with zero attached hydrogens (tertiary/aromatic N) is 3. The first kappa shape index (κ1) is 24.8. The number of thiocarbonyl (C=S) groups is 1. The first-order valence-corrected chi connectivity index (χ1v) is 14.0. The predicted octanol–water partition coefficient (Wildman–Crippen LogP) is 4.74. The fourth-order valence-corrected chi connectivity index (χ4v) is 5.68. The molecule has 5 rings (SSSR count). The van der Waals surface area contributed by atoms with Gasteiger partial charge in [0.15, 0.2) is 5.11 Å². The standard InChI is InChI=1S/C27H27N5O3S2/c1-18-12-14-23(31(18)19-9-5-4-6-10-19)26-25(21-11-7-8-16-28-21)29-27(36)32(26)20-13-15-24(35-2)22(17-20)30-37(3,33)34/h4-17,25-26,30H,1-3H3,(H,29,36)/t25-,26-/m0/s1. The molecule has 2 N–H and O–H groups in total. The molecule has 0 unspecified atom stereocenters. The van der Waals surface area contributed by atoms with Gasteiger partial charge in [-0.25, -0.2) is 8.42 Å². The monoisotopic (exact) mass is 533 g/mol. The van der Waals surface area contributed by atoms with Crippen LogP contribution >= 0.6 is 12.2 Å². The van der Waals surface area contributed by atoms with Gasteiger partial charge in [-0.1, -0.05) is 24.3 Å². The first-order chi connectivity index (χ1) is 17.8. The lowest BCUT2D eigenvalue weighted by Gasteiger charge is -2.30. The molecule has 4 aromatic rings. The zero-order valence-corrected chi connectivity index (χ0v) is 22.3. The third-order valence-electron chi connectivity index (χ3n) is 6.28. The Morgan fingerprint density at radius 3 is 2.43 bits per heavy atom. The van der Waals surface area contributed by atoms with Crippen LogP contribution < -0.4 is 19.7 Å². The Labute approximate surface area is 222 Å². The Hall–Kier alpha value is -3.89. The smallest absolute Gasteiger partial charge is 0.229 e. The number of nitrogens with one attached hydrogen (secondary N) is 2. The van der Waals surface area contributed by atoms with Crippen molar-refractivity contribution in [3.63, 3.8) is 0 Å². The fraction of sp³-hybridized carbons (Fsp3) is 0.185. The summed E-state index contributed by atoms with van der Waals surface area (Å²) < 4.78 is 34.3. The topological polar surface area (TPSA) is 88.5 Å². The maximum Gasteiger partial charge on any atom is 0.229 e. The van der Waals surface area contributed by atoms with E-state index in [0.717, 1.165) is 29.0 Å². The van der Waals surface area contributed by atoms with Gasteiger partial charge in [-0.2, -0.15) is 0 Å². The van der Waals surface area contributed by atoms with Crippen molar-refractivity contribution in [3.05, 3.63) is 102 Å². The second-order valence-electron chi connectivity index (χ2n) is 8.83. The SMILES string of the molecule is COc1ccc(N2C(=S)N[C@@H](c3ccccn3)[C@@H]2c2ccc(C)n2-c2ccccc2)cc1NS(C)(=O)=O. The molecule has 10 heteroatoms. The lowest BCUT2D eigenvalue weighted by molar-refractivity contribution is 0.417. The molecule has 0 amide bonds.